The SMILES string of the molecule is CC1(C)CCC2(C(N)=O)CCC3C(C(=O)CC4C5(C)C=C(C#N)C(=O)CC5CCC34C)C2C1. The fraction of sp³-hybridized carbons (Fsp3) is 0.786. The first kappa shape index (κ1) is 22.8. The maximum absolute atomic E-state index is 14.0. The number of Topliss-reactive ketones (excluding diaryl/α,β-unsaturated/α-hetero) is 2. The number of allylic oxidation sites excluding steroid dienone is 2. The van der Waals surface area contributed by atoms with E-state index in [9.17, 15) is 19.6 Å². The molecule has 5 nitrogen and oxygen atoms in total. The number of hydrogen-bond donors (Lipinski definition) is 1. The highest BCUT2D eigenvalue weighted by atomic mass is 16.1. The summed E-state index contributed by atoms with van der Waals surface area (Å²) in [5, 5.41) is 9.57. The van der Waals surface area contributed by atoms with Crippen molar-refractivity contribution in [2.75, 3.05) is 0 Å². The number of nitriles is 1. The first-order chi connectivity index (χ1) is 15.4. The average molecular weight is 451 g/mol. The molecule has 178 valence electrons. The van der Waals surface area contributed by atoms with E-state index in [1.54, 1.807) is 0 Å². The number of primary amides is 1. The molecule has 5 aliphatic rings. The van der Waals surface area contributed by atoms with Crippen LogP contribution in [0, 0.1) is 62.6 Å². The van der Waals surface area contributed by atoms with E-state index in [1.807, 2.05) is 6.08 Å². The molecule has 0 saturated heterocycles. The van der Waals surface area contributed by atoms with E-state index < -0.39 is 5.41 Å². The average Bonchev–Trinajstić information content (AvgIpc) is 2.74. The second-order valence-corrected chi connectivity index (χ2v) is 13.3. The van der Waals surface area contributed by atoms with Gasteiger partial charge in [0.2, 0.25) is 5.91 Å². The van der Waals surface area contributed by atoms with Gasteiger partial charge in [0.1, 0.15) is 11.9 Å². The Morgan fingerprint density at radius 3 is 2.42 bits per heavy atom. The minimum atomic E-state index is -0.540. The minimum Gasteiger partial charge on any atom is -0.369 e. The van der Waals surface area contributed by atoms with Crippen molar-refractivity contribution in [3.05, 3.63) is 11.6 Å². The van der Waals surface area contributed by atoms with Gasteiger partial charge in [-0.15, -0.1) is 0 Å². The second kappa shape index (κ2) is 7.03. The lowest BCUT2D eigenvalue weighted by Gasteiger charge is -2.66. The molecule has 0 spiro atoms. The van der Waals surface area contributed by atoms with Crippen molar-refractivity contribution < 1.29 is 14.4 Å². The van der Waals surface area contributed by atoms with Crippen LogP contribution in [0.4, 0.5) is 0 Å². The Morgan fingerprint density at radius 1 is 1.03 bits per heavy atom. The maximum atomic E-state index is 14.0. The zero-order chi connectivity index (χ0) is 24.0. The highest BCUT2D eigenvalue weighted by Crippen LogP contribution is 2.70. The summed E-state index contributed by atoms with van der Waals surface area (Å²) in [5.41, 5.74) is 5.57. The number of carbonyl (C=O) groups excluding carboxylic acids is 3. The van der Waals surface area contributed by atoms with E-state index in [1.165, 1.54) is 0 Å². The summed E-state index contributed by atoms with van der Waals surface area (Å²) in [6.07, 6.45) is 9.13. The van der Waals surface area contributed by atoms with Gasteiger partial charge < -0.3 is 5.73 Å². The number of nitrogens with zero attached hydrogens (tertiary/aromatic N) is 1. The summed E-state index contributed by atoms with van der Waals surface area (Å²) < 4.78 is 0. The van der Waals surface area contributed by atoms with Crippen molar-refractivity contribution in [1.29, 1.82) is 5.26 Å². The lowest BCUT2D eigenvalue weighted by molar-refractivity contribution is -0.185. The van der Waals surface area contributed by atoms with Crippen molar-refractivity contribution >= 4 is 17.5 Å². The molecule has 0 aromatic heterocycles. The molecule has 8 unspecified atom stereocenters. The molecule has 4 fully saturated rings. The van der Waals surface area contributed by atoms with E-state index >= 15 is 0 Å². The van der Waals surface area contributed by atoms with Gasteiger partial charge in [0.05, 0.1) is 11.0 Å². The van der Waals surface area contributed by atoms with Crippen LogP contribution in [0.2, 0.25) is 0 Å². The number of nitrogens with two attached hydrogens (primary N) is 1. The largest absolute Gasteiger partial charge is 0.369 e. The molecule has 0 bridgehead atoms. The highest BCUT2D eigenvalue weighted by Gasteiger charge is 2.67. The molecule has 5 rings (SSSR count). The molecule has 0 radical (unpaired) electrons. The quantitative estimate of drug-likeness (QED) is 0.623. The number of hydrogen-bond acceptors (Lipinski definition) is 4. The number of rotatable bonds is 1. The third-order valence-corrected chi connectivity index (χ3v) is 11.4. The normalized spacial score (nSPS) is 48.3. The molecule has 5 aliphatic carbocycles. The minimum absolute atomic E-state index is 0.0337. The standard InChI is InChI=1S/C28H38N2O3/c1-25(2)9-10-28(24(30)33)8-6-18-23(19(28)14-25)21(32)12-22-26(18,3)7-5-17-11-20(31)16(15-29)13-27(17,22)4/h13,17-19,22-23H,5-12,14H2,1-4H3,(H2,30,33). The fourth-order valence-corrected chi connectivity index (χ4v) is 9.47. The Hall–Kier alpha value is -1.96. The van der Waals surface area contributed by atoms with Crippen LogP contribution in [-0.2, 0) is 14.4 Å². The van der Waals surface area contributed by atoms with Crippen LogP contribution in [0.5, 0.6) is 0 Å². The monoisotopic (exact) mass is 450 g/mol. The fourth-order valence-electron chi connectivity index (χ4n) is 9.47. The summed E-state index contributed by atoms with van der Waals surface area (Å²) in [4.78, 5) is 39.3. The predicted octanol–water partition coefficient (Wildman–Crippen LogP) is 4.74. The van der Waals surface area contributed by atoms with Gasteiger partial charge in [0.25, 0.3) is 0 Å². The molecule has 5 heteroatoms. The van der Waals surface area contributed by atoms with E-state index in [0.29, 0.717) is 18.6 Å². The molecular formula is C28H38N2O3. The molecule has 33 heavy (non-hydrogen) atoms. The lowest BCUT2D eigenvalue weighted by atomic mass is 9.37. The Labute approximate surface area is 197 Å². The van der Waals surface area contributed by atoms with Crippen LogP contribution in [0.15, 0.2) is 11.6 Å². The van der Waals surface area contributed by atoms with Gasteiger partial charge in [0.15, 0.2) is 5.78 Å². The lowest BCUT2D eigenvalue weighted by Crippen LogP contribution is -2.64. The third-order valence-electron chi connectivity index (χ3n) is 11.4. The molecule has 1 amide bonds. The molecule has 0 heterocycles. The van der Waals surface area contributed by atoms with Crippen molar-refractivity contribution in [3.8, 4) is 6.07 Å². The van der Waals surface area contributed by atoms with E-state index in [4.69, 9.17) is 5.73 Å². The van der Waals surface area contributed by atoms with Gasteiger partial charge in [-0.3, -0.25) is 14.4 Å². The second-order valence-electron chi connectivity index (χ2n) is 13.3. The molecule has 2 N–H and O–H groups in total. The summed E-state index contributed by atoms with van der Waals surface area (Å²) in [6.45, 7) is 9.08. The highest BCUT2D eigenvalue weighted by molar-refractivity contribution is 6.00. The summed E-state index contributed by atoms with van der Waals surface area (Å²) in [7, 11) is 0. The summed E-state index contributed by atoms with van der Waals surface area (Å²) >= 11 is 0. The molecular weight excluding hydrogens is 412 g/mol. The van der Waals surface area contributed by atoms with Crippen LogP contribution in [0.3, 0.4) is 0 Å². The van der Waals surface area contributed by atoms with Crippen LogP contribution in [-0.4, -0.2) is 17.5 Å². The van der Waals surface area contributed by atoms with Gasteiger partial charge >= 0.3 is 0 Å². The first-order valence-electron chi connectivity index (χ1n) is 12.9. The first-order valence-corrected chi connectivity index (χ1v) is 12.9. The van der Waals surface area contributed by atoms with Crippen molar-refractivity contribution in [1.82, 2.24) is 0 Å². The van der Waals surface area contributed by atoms with Crippen LogP contribution < -0.4 is 5.73 Å². The molecule has 8 atom stereocenters. The number of carbonyl (C=O) groups is 3. The molecule has 0 aromatic rings. The van der Waals surface area contributed by atoms with E-state index in [0.717, 1.165) is 44.9 Å². The predicted molar refractivity (Wildman–Crippen MR) is 124 cm³/mol. The molecule has 0 aromatic carbocycles. The topological polar surface area (TPSA) is 101 Å². The number of ketones is 2. The molecule has 0 aliphatic heterocycles. The zero-order valence-electron chi connectivity index (χ0n) is 20.6. The van der Waals surface area contributed by atoms with Gasteiger partial charge in [-0.05, 0) is 84.9 Å². The van der Waals surface area contributed by atoms with Gasteiger partial charge in [-0.2, -0.15) is 5.26 Å². The van der Waals surface area contributed by atoms with Crippen molar-refractivity contribution in [3.63, 3.8) is 0 Å². The van der Waals surface area contributed by atoms with E-state index in [-0.39, 0.29) is 63.1 Å². The van der Waals surface area contributed by atoms with Crippen LogP contribution in [0.25, 0.3) is 0 Å². The zero-order valence-corrected chi connectivity index (χ0v) is 20.6. The third kappa shape index (κ3) is 2.98. The Balaban J connectivity index is 1.58. The van der Waals surface area contributed by atoms with Crippen LogP contribution in [0.1, 0.15) is 85.5 Å². The number of amides is 1. The van der Waals surface area contributed by atoms with E-state index in [2.05, 4.69) is 33.8 Å². The van der Waals surface area contributed by atoms with Gasteiger partial charge in [0, 0.05) is 18.8 Å². The summed E-state index contributed by atoms with van der Waals surface area (Å²) in [5.74, 6) is 0.550. The van der Waals surface area contributed by atoms with Gasteiger partial charge in [-0.25, -0.2) is 0 Å². The Bertz CT molecular complexity index is 1010. The number of fused-ring (bicyclic) bond motifs is 7. The summed E-state index contributed by atoms with van der Waals surface area (Å²) in [6, 6.07) is 2.13. The van der Waals surface area contributed by atoms with Gasteiger partial charge in [-0.1, -0.05) is 33.8 Å². The van der Waals surface area contributed by atoms with Crippen LogP contribution >= 0.6 is 0 Å². The van der Waals surface area contributed by atoms with Crippen molar-refractivity contribution in [2.45, 2.75) is 85.5 Å². The van der Waals surface area contributed by atoms with Crippen molar-refractivity contribution in [2.24, 2.45) is 57.0 Å². The smallest absolute Gasteiger partial charge is 0.223 e. The Kier molecular flexibility index (Phi) is 4.86. The maximum Gasteiger partial charge on any atom is 0.223 e. The molecule has 4 saturated carbocycles. The Morgan fingerprint density at radius 2 is 1.76 bits per heavy atom.